The van der Waals surface area contributed by atoms with Gasteiger partial charge in [0.15, 0.2) is 0 Å². The molecule has 1 aromatic carbocycles. The largest absolute Gasteiger partial charge is 0.329 e. The summed E-state index contributed by atoms with van der Waals surface area (Å²) in [5.74, 6) is 0. The van der Waals surface area contributed by atoms with Crippen LogP contribution in [-0.2, 0) is 6.42 Å². The predicted octanol–water partition coefficient (Wildman–Crippen LogP) is 3.37. The number of likely N-dealkylation sites (N-methyl/N-ethyl adjacent to an activating group) is 1. The average molecular weight is 248 g/mol. The maximum absolute atomic E-state index is 5.99. The van der Waals surface area contributed by atoms with Gasteiger partial charge in [-0.25, -0.2) is 0 Å². The van der Waals surface area contributed by atoms with E-state index >= 15 is 0 Å². The van der Waals surface area contributed by atoms with E-state index in [-0.39, 0.29) is 0 Å². The van der Waals surface area contributed by atoms with Crippen molar-refractivity contribution in [2.75, 3.05) is 20.1 Å². The molecule has 1 aromatic rings. The van der Waals surface area contributed by atoms with E-state index in [0.29, 0.717) is 12.6 Å². The molecule has 2 nitrogen and oxygen atoms in total. The van der Waals surface area contributed by atoms with Gasteiger partial charge in [-0.3, -0.25) is 4.90 Å². The van der Waals surface area contributed by atoms with E-state index in [4.69, 9.17) is 5.73 Å². The second-order valence-corrected chi connectivity index (χ2v) is 4.99. The predicted molar refractivity (Wildman–Crippen MR) is 79.8 cm³/mol. The van der Waals surface area contributed by atoms with Crippen molar-refractivity contribution in [3.8, 4) is 0 Å². The number of aryl methyl sites for hydroxylation is 1. The number of hydrogen-bond donors (Lipinski definition) is 1. The fourth-order valence-corrected chi connectivity index (χ4v) is 2.49. The van der Waals surface area contributed by atoms with Crippen LogP contribution in [0, 0.1) is 0 Å². The van der Waals surface area contributed by atoms with Crippen molar-refractivity contribution in [3.63, 3.8) is 0 Å². The number of benzene rings is 1. The average Bonchev–Trinajstić information content (AvgIpc) is 2.40. The standard InChI is InChI=1S/C16H28N2/c1-4-6-9-12-18(3)16(13-17)15-11-8-7-10-14(15)5-2/h7-8,10-11,16H,4-6,9,12-13,17H2,1-3H3. The highest BCUT2D eigenvalue weighted by atomic mass is 15.1. The molecule has 0 aliphatic heterocycles. The van der Waals surface area contributed by atoms with Crippen LogP contribution in [-0.4, -0.2) is 25.0 Å². The summed E-state index contributed by atoms with van der Waals surface area (Å²) < 4.78 is 0. The Morgan fingerprint density at radius 2 is 1.89 bits per heavy atom. The van der Waals surface area contributed by atoms with Crippen LogP contribution in [0.25, 0.3) is 0 Å². The Kier molecular flexibility index (Phi) is 6.99. The molecule has 0 bridgehead atoms. The van der Waals surface area contributed by atoms with Gasteiger partial charge in [0.25, 0.3) is 0 Å². The van der Waals surface area contributed by atoms with Crippen molar-refractivity contribution in [1.82, 2.24) is 4.90 Å². The molecule has 0 radical (unpaired) electrons. The lowest BCUT2D eigenvalue weighted by atomic mass is 9.97. The van der Waals surface area contributed by atoms with Crippen LogP contribution in [0.1, 0.15) is 50.3 Å². The van der Waals surface area contributed by atoms with Crippen molar-refractivity contribution >= 4 is 0 Å². The van der Waals surface area contributed by atoms with Crippen molar-refractivity contribution < 1.29 is 0 Å². The zero-order valence-corrected chi connectivity index (χ0v) is 12.2. The molecule has 0 heterocycles. The molecular weight excluding hydrogens is 220 g/mol. The molecule has 0 saturated heterocycles. The van der Waals surface area contributed by atoms with Gasteiger partial charge in [-0.1, -0.05) is 51.0 Å². The summed E-state index contributed by atoms with van der Waals surface area (Å²) in [6.07, 6.45) is 4.91. The number of unbranched alkanes of at least 4 members (excludes halogenated alkanes) is 2. The van der Waals surface area contributed by atoms with Crippen LogP contribution in [0.5, 0.6) is 0 Å². The minimum Gasteiger partial charge on any atom is -0.329 e. The fourth-order valence-electron chi connectivity index (χ4n) is 2.49. The van der Waals surface area contributed by atoms with E-state index < -0.39 is 0 Å². The Bertz CT molecular complexity index is 336. The highest BCUT2D eigenvalue weighted by Gasteiger charge is 2.17. The number of nitrogens with zero attached hydrogens (tertiary/aromatic N) is 1. The molecule has 0 spiro atoms. The topological polar surface area (TPSA) is 29.3 Å². The minimum atomic E-state index is 0.359. The second kappa shape index (κ2) is 8.28. The fraction of sp³-hybridized carbons (Fsp3) is 0.625. The van der Waals surface area contributed by atoms with E-state index in [0.717, 1.165) is 13.0 Å². The molecule has 0 amide bonds. The first kappa shape index (κ1) is 15.2. The van der Waals surface area contributed by atoms with Crippen LogP contribution >= 0.6 is 0 Å². The van der Waals surface area contributed by atoms with Crippen LogP contribution < -0.4 is 5.73 Å². The first-order valence-corrected chi connectivity index (χ1v) is 7.22. The molecule has 0 saturated carbocycles. The van der Waals surface area contributed by atoms with Crippen LogP contribution in [0.3, 0.4) is 0 Å². The number of nitrogens with two attached hydrogens (primary N) is 1. The summed E-state index contributed by atoms with van der Waals surface area (Å²) in [6.45, 7) is 6.28. The molecule has 2 heteroatoms. The van der Waals surface area contributed by atoms with E-state index in [9.17, 15) is 0 Å². The molecular formula is C16H28N2. The Hall–Kier alpha value is -0.860. The van der Waals surface area contributed by atoms with Gasteiger partial charge in [-0.15, -0.1) is 0 Å². The molecule has 1 atom stereocenters. The number of rotatable bonds is 8. The van der Waals surface area contributed by atoms with Gasteiger partial charge in [0, 0.05) is 12.6 Å². The highest BCUT2D eigenvalue weighted by molar-refractivity contribution is 5.30. The van der Waals surface area contributed by atoms with Crippen LogP contribution in [0.2, 0.25) is 0 Å². The van der Waals surface area contributed by atoms with Gasteiger partial charge in [0.2, 0.25) is 0 Å². The van der Waals surface area contributed by atoms with Gasteiger partial charge >= 0.3 is 0 Å². The third kappa shape index (κ3) is 4.11. The second-order valence-electron chi connectivity index (χ2n) is 4.99. The lowest BCUT2D eigenvalue weighted by Crippen LogP contribution is -2.32. The minimum absolute atomic E-state index is 0.359. The van der Waals surface area contributed by atoms with Gasteiger partial charge < -0.3 is 5.73 Å². The maximum Gasteiger partial charge on any atom is 0.0470 e. The Labute approximate surface area is 112 Å². The van der Waals surface area contributed by atoms with E-state index in [1.807, 2.05) is 0 Å². The van der Waals surface area contributed by atoms with Gasteiger partial charge in [-0.05, 0) is 37.6 Å². The molecule has 1 rings (SSSR count). The Morgan fingerprint density at radius 3 is 2.50 bits per heavy atom. The van der Waals surface area contributed by atoms with Crippen LogP contribution in [0.4, 0.5) is 0 Å². The smallest absolute Gasteiger partial charge is 0.0470 e. The summed E-state index contributed by atoms with van der Waals surface area (Å²) in [4.78, 5) is 2.41. The molecule has 0 aromatic heterocycles. The van der Waals surface area contributed by atoms with E-state index in [1.54, 1.807) is 0 Å². The molecule has 1 unspecified atom stereocenters. The number of hydrogen-bond acceptors (Lipinski definition) is 2. The molecule has 102 valence electrons. The molecule has 0 aliphatic rings. The van der Waals surface area contributed by atoms with Crippen molar-refractivity contribution in [2.45, 2.75) is 45.6 Å². The summed E-state index contributed by atoms with van der Waals surface area (Å²) in [5.41, 5.74) is 8.82. The zero-order chi connectivity index (χ0) is 13.4. The quantitative estimate of drug-likeness (QED) is 0.715. The Balaban J connectivity index is 2.75. The van der Waals surface area contributed by atoms with E-state index in [1.165, 1.54) is 30.4 Å². The third-order valence-electron chi connectivity index (χ3n) is 3.66. The Morgan fingerprint density at radius 1 is 1.17 bits per heavy atom. The van der Waals surface area contributed by atoms with Crippen molar-refractivity contribution in [2.24, 2.45) is 5.73 Å². The summed E-state index contributed by atoms with van der Waals surface area (Å²) in [5, 5.41) is 0. The van der Waals surface area contributed by atoms with Gasteiger partial charge in [0.1, 0.15) is 0 Å². The van der Waals surface area contributed by atoms with Crippen molar-refractivity contribution in [3.05, 3.63) is 35.4 Å². The molecule has 0 aliphatic carbocycles. The molecule has 18 heavy (non-hydrogen) atoms. The van der Waals surface area contributed by atoms with Gasteiger partial charge in [-0.2, -0.15) is 0 Å². The summed E-state index contributed by atoms with van der Waals surface area (Å²) >= 11 is 0. The monoisotopic (exact) mass is 248 g/mol. The normalized spacial score (nSPS) is 12.9. The molecule has 0 fully saturated rings. The zero-order valence-electron chi connectivity index (χ0n) is 12.2. The first-order chi connectivity index (χ1) is 8.74. The van der Waals surface area contributed by atoms with Crippen LogP contribution in [0.15, 0.2) is 24.3 Å². The molecule has 2 N–H and O–H groups in total. The maximum atomic E-state index is 5.99. The summed E-state index contributed by atoms with van der Waals surface area (Å²) in [6, 6.07) is 9.05. The SMILES string of the molecule is CCCCCN(C)C(CN)c1ccccc1CC. The lowest BCUT2D eigenvalue weighted by Gasteiger charge is -2.29. The lowest BCUT2D eigenvalue weighted by molar-refractivity contribution is 0.244. The summed E-state index contributed by atoms with van der Waals surface area (Å²) in [7, 11) is 2.19. The first-order valence-electron chi connectivity index (χ1n) is 7.22. The van der Waals surface area contributed by atoms with Crippen molar-refractivity contribution in [1.29, 1.82) is 0 Å². The van der Waals surface area contributed by atoms with E-state index in [2.05, 4.69) is 50.1 Å². The highest BCUT2D eigenvalue weighted by Crippen LogP contribution is 2.23. The third-order valence-corrected chi connectivity index (χ3v) is 3.66. The van der Waals surface area contributed by atoms with Gasteiger partial charge in [0.05, 0.1) is 0 Å².